The van der Waals surface area contributed by atoms with E-state index in [0.717, 1.165) is 60.3 Å². The Labute approximate surface area is 294 Å². The molecule has 3 aromatic heterocycles. The summed E-state index contributed by atoms with van der Waals surface area (Å²) in [5, 5.41) is 15.1. The van der Waals surface area contributed by atoms with Gasteiger partial charge in [0.2, 0.25) is 16.0 Å². The Morgan fingerprint density at radius 2 is 1.80 bits per heavy atom. The molecule has 2 aliphatic rings. The number of nitrogens with one attached hydrogen (secondary N) is 1. The molecule has 2 aliphatic heterocycles. The molecule has 3 N–H and O–H groups in total. The maximum atomic E-state index is 13.0. The topological polar surface area (TPSA) is 136 Å². The second kappa shape index (κ2) is 13.9. The van der Waals surface area contributed by atoms with Gasteiger partial charge in [-0.15, -0.1) is 11.3 Å². The van der Waals surface area contributed by atoms with E-state index in [1.165, 1.54) is 17.9 Å². The van der Waals surface area contributed by atoms with Crippen molar-refractivity contribution in [3.05, 3.63) is 46.0 Å². The molecular weight excluding hydrogens is 688 g/mol. The number of rotatable bonds is 9. The van der Waals surface area contributed by atoms with Crippen LogP contribution in [-0.4, -0.2) is 99.8 Å². The van der Waals surface area contributed by atoms with Gasteiger partial charge in [-0.2, -0.15) is 27.7 Å². The first kappa shape index (κ1) is 36.3. The highest BCUT2D eigenvalue weighted by atomic mass is 32.2. The number of hydrogen-bond donors (Lipinski definition) is 2. The molecule has 0 bridgehead atoms. The van der Waals surface area contributed by atoms with Crippen molar-refractivity contribution < 1.29 is 21.6 Å². The second-order valence-corrected chi connectivity index (χ2v) is 17.0. The summed E-state index contributed by atoms with van der Waals surface area (Å²) in [4.78, 5) is 13.8. The highest BCUT2D eigenvalue weighted by Gasteiger charge is 2.37. The number of sulfonamides is 1. The van der Waals surface area contributed by atoms with E-state index in [-0.39, 0.29) is 35.0 Å². The van der Waals surface area contributed by atoms with Crippen LogP contribution in [0.15, 0.2) is 24.3 Å². The van der Waals surface area contributed by atoms with Crippen LogP contribution in [-0.2, 0) is 29.5 Å². The molecule has 2 fully saturated rings. The maximum Gasteiger partial charge on any atom is 0.393 e. The number of nitriles is 1. The van der Waals surface area contributed by atoms with E-state index in [1.807, 2.05) is 19.9 Å². The van der Waals surface area contributed by atoms with Gasteiger partial charge >= 0.3 is 6.18 Å². The highest BCUT2D eigenvalue weighted by molar-refractivity contribution is 7.88. The molecule has 6 rings (SSSR count). The number of nitrogens with zero attached hydrogens (tertiary/aromatic N) is 7. The van der Waals surface area contributed by atoms with Crippen molar-refractivity contribution in [3.8, 4) is 6.07 Å². The third kappa shape index (κ3) is 7.71. The Kier molecular flexibility index (Phi) is 10.1. The fourth-order valence-electron chi connectivity index (χ4n) is 7.78. The predicted octanol–water partition coefficient (Wildman–Crippen LogP) is 5.33. The van der Waals surface area contributed by atoms with Gasteiger partial charge in [-0.3, -0.25) is 9.80 Å². The summed E-state index contributed by atoms with van der Waals surface area (Å²) in [5.41, 5.74) is 9.85. The number of benzene rings is 1. The molecule has 50 heavy (non-hydrogen) atoms. The minimum atomic E-state index is -4.30. The fourth-order valence-corrected chi connectivity index (χ4v) is 10.3. The van der Waals surface area contributed by atoms with Gasteiger partial charge in [-0.1, -0.05) is 6.07 Å². The number of halogens is 3. The number of aromatic nitrogens is 3. The number of fused-ring (bicyclic) bond motifs is 2. The van der Waals surface area contributed by atoms with E-state index in [1.54, 1.807) is 4.31 Å². The van der Waals surface area contributed by atoms with Crippen molar-refractivity contribution >= 4 is 54.2 Å². The normalized spacial score (nSPS) is 21.2. The van der Waals surface area contributed by atoms with Gasteiger partial charge in [0.15, 0.2) is 0 Å². The summed E-state index contributed by atoms with van der Waals surface area (Å²) in [7, 11) is -3.30. The molecule has 5 heterocycles. The Hall–Kier alpha value is -3.49. The summed E-state index contributed by atoms with van der Waals surface area (Å²) in [6.45, 7) is 12.4. The van der Waals surface area contributed by atoms with E-state index < -0.39 is 22.6 Å². The average Bonchev–Trinajstić information content (AvgIpc) is 3.58. The van der Waals surface area contributed by atoms with Crippen LogP contribution in [0.5, 0.6) is 0 Å². The number of piperidine rings is 1. The molecular formula is C34H44F3N9O2S2. The molecule has 270 valence electrons. The van der Waals surface area contributed by atoms with Gasteiger partial charge in [0.05, 0.1) is 18.1 Å². The van der Waals surface area contributed by atoms with Crippen LogP contribution in [0.3, 0.4) is 0 Å². The van der Waals surface area contributed by atoms with Gasteiger partial charge < -0.3 is 15.6 Å². The summed E-state index contributed by atoms with van der Waals surface area (Å²) in [5.74, 6) is 0.507. The summed E-state index contributed by atoms with van der Waals surface area (Å²) < 4.78 is 67.4. The molecule has 0 aliphatic carbocycles. The van der Waals surface area contributed by atoms with E-state index in [0.29, 0.717) is 41.4 Å². The Morgan fingerprint density at radius 1 is 1.12 bits per heavy atom. The zero-order valence-corrected chi connectivity index (χ0v) is 30.6. The quantitative estimate of drug-likeness (QED) is 0.234. The van der Waals surface area contributed by atoms with Crippen LogP contribution in [0.4, 0.5) is 24.9 Å². The molecule has 0 radical (unpaired) electrons. The van der Waals surface area contributed by atoms with Crippen LogP contribution in [0.1, 0.15) is 55.3 Å². The van der Waals surface area contributed by atoms with Crippen molar-refractivity contribution in [3.63, 3.8) is 0 Å². The molecule has 0 spiro atoms. The molecule has 11 nitrogen and oxygen atoms in total. The SMILES string of the molecule is Cc1c(CN2CCC(Nc3nc(N)nc4sc(CC(F)(F)F)cc34)CC2)ccc2c1cc(C#N)n2C[C@@H](C)N1C[C@@H](C)N(S(C)(=O)=O)[C@H](C)C1. The fraction of sp³-hybridized carbons (Fsp3) is 0.559. The third-order valence-corrected chi connectivity index (χ3v) is 12.6. The monoisotopic (exact) mass is 731 g/mol. The lowest BCUT2D eigenvalue weighted by atomic mass is 10.0. The molecule has 0 amide bonds. The number of hydrogen-bond acceptors (Lipinski definition) is 10. The summed E-state index contributed by atoms with van der Waals surface area (Å²) >= 11 is 0.991. The zero-order chi connectivity index (χ0) is 36.1. The standard InChI is InChI=1S/C34H44F3N9O2S2/c1-20(44-16-21(2)46(22(3)17-44)50(5,47)48)18-45-26(15-38)12-28-23(4)24(6-7-30(28)45)19-43-10-8-25(9-11-43)40-31-29-13-27(14-34(35,36)37)49-32(29)42-33(39)41-31/h6-7,12-13,20-22,25H,8-11,14,16-19H2,1-5H3,(H3,39,40,41,42)/t20-,21-,22-/m1/s1. The number of alkyl halides is 3. The lowest BCUT2D eigenvalue weighted by Crippen LogP contribution is -2.60. The molecule has 1 aromatic carbocycles. The number of nitrogens with two attached hydrogens (primary N) is 1. The van der Waals surface area contributed by atoms with E-state index in [2.05, 4.69) is 61.7 Å². The molecule has 2 saturated heterocycles. The third-order valence-electron chi connectivity index (χ3n) is 10.1. The lowest BCUT2D eigenvalue weighted by molar-refractivity contribution is -0.126. The predicted molar refractivity (Wildman–Crippen MR) is 192 cm³/mol. The zero-order valence-electron chi connectivity index (χ0n) is 29.0. The number of anilines is 2. The van der Waals surface area contributed by atoms with Crippen LogP contribution >= 0.6 is 11.3 Å². The second-order valence-electron chi connectivity index (χ2n) is 14.0. The van der Waals surface area contributed by atoms with Crippen molar-refractivity contribution in [1.82, 2.24) is 28.6 Å². The van der Waals surface area contributed by atoms with Crippen LogP contribution < -0.4 is 11.1 Å². The molecule has 4 aromatic rings. The smallest absolute Gasteiger partial charge is 0.368 e. The first-order chi connectivity index (χ1) is 23.5. The highest BCUT2D eigenvalue weighted by Crippen LogP contribution is 2.35. The number of aryl methyl sites for hydroxylation is 1. The summed E-state index contributed by atoms with van der Waals surface area (Å²) in [6.07, 6.45) is -2.39. The number of likely N-dealkylation sites (tertiary alicyclic amines) is 1. The minimum absolute atomic E-state index is 0.0307. The Morgan fingerprint density at radius 3 is 2.42 bits per heavy atom. The molecule has 16 heteroatoms. The molecule has 0 unspecified atom stereocenters. The first-order valence-corrected chi connectivity index (χ1v) is 19.5. The van der Waals surface area contributed by atoms with E-state index in [9.17, 15) is 26.9 Å². The minimum Gasteiger partial charge on any atom is -0.368 e. The van der Waals surface area contributed by atoms with Crippen LogP contribution in [0.25, 0.3) is 21.1 Å². The summed E-state index contributed by atoms with van der Waals surface area (Å²) in [6, 6.07) is 10.0. The van der Waals surface area contributed by atoms with Crippen molar-refractivity contribution in [2.45, 2.75) is 90.4 Å². The van der Waals surface area contributed by atoms with Crippen LogP contribution in [0.2, 0.25) is 0 Å². The Balaban J connectivity index is 1.11. The lowest BCUT2D eigenvalue weighted by Gasteiger charge is -2.45. The van der Waals surface area contributed by atoms with Crippen molar-refractivity contribution in [2.24, 2.45) is 0 Å². The number of thiophene rings is 1. The van der Waals surface area contributed by atoms with Gasteiger partial charge in [0.25, 0.3) is 0 Å². The molecule has 3 atom stereocenters. The first-order valence-electron chi connectivity index (χ1n) is 16.9. The maximum absolute atomic E-state index is 13.0. The Bertz CT molecular complexity index is 2020. The van der Waals surface area contributed by atoms with Crippen molar-refractivity contribution in [1.29, 1.82) is 5.26 Å². The largest absolute Gasteiger partial charge is 0.393 e. The number of piperazine rings is 1. The van der Waals surface area contributed by atoms with Crippen molar-refractivity contribution in [2.75, 3.05) is 43.5 Å². The van der Waals surface area contributed by atoms with E-state index in [4.69, 9.17) is 5.73 Å². The number of nitrogen functional groups attached to an aromatic ring is 1. The average molecular weight is 732 g/mol. The van der Waals surface area contributed by atoms with Gasteiger partial charge in [-0.05, 0) is 69.9 Å². The van der Waals surface area contributed by atoms with E-state index >= 15 is 0 Å². The van der Waals surface area contributed by atoms with Gasteiger partial charge in [0.1, 0.15) is 22.4 Å². The van der Waals surface area contributed by atoms with Gasteiger partial charge in [0, 0.05) is 79.2 Å². The van der Waals surface area contributed by atoms with Crippen LogP contribution in [0, 0.1) is 18.3 Å². The van der Waals surface area contributed by atoms with Gasteiger partial charge in [-0.25, -0.2) is 13.4 Å². The molecule has 0 saturated carbocycles.